The number of nitrogens with zero attached hydrogens (tertiary/aromatic N) is 3. The number of aromatic nitrogens is 2. The molecule has 1 unspecified atom stereocenters. The number of aryl methyl sites for hydroxylation is 2. The van der Waals surface area contributed by atoms with Crippen LogP contribution < -0.4 is 10.2 Å². The average Bonchev–Trinajstić information content (AvgIpc) is 2.67. The normalized spacial score (nSPS) is 15.5. The molecule has 3 aromatic rings. The lowest BCUT2D eigenvalue weighted by Crippen LogP contribution is -2.35. The highest BCUT2D eigenvalue weighted by Crippen LogP contribution is 2.35. The first-order valence-electron chi connectivity index (χ1n) is 9.67. The third kappa shape index (κ3) is 4.06. The Kier molecular flexibility index (Phi) is 6.08. The highest BCUT2D eigenvalue weighted by molar-refractivity contribution is 5.85. The van der Waals surface area contributed by atoms with Crippen LogP contribution in [0.4, 0.5) is 21.8 Å². The topological polar surface area (TPSA) is 41.1 Å². The monoisotopic (exact) mass is 412 g/mol. The molecule has 0 saturated heterocycles. The maximum atomic E-state index is 13.8. The lowest BCUT2D eigenvalue weighted by molar-refractivity contribution is 0.589. The molecule has 0 spiro atoms. The predicted molar refractivity (Wildman–Crippen MR) is 119 cm³/mol. The maximum absolute atomic E-state index is 13.8. The van der Waals surface area contributed by atoms with Gasteiger partial charge in [0.2, 0.25) is 5.95 Å². The summed E-state index contributed by atoms with van der Waals surface area (Å²) in [7, 11) is 0. The highest BCUT2D eigenvalue weighted by atomic mass is 35.5. The molecule has 0 saturated carbocycles. The minimum absolute atomic E-state index is 0. The Balaban J connectivity index is 0.00000240. The number of halogens is 2. The quantitative estimate of drug-likeness (QED) is 0.587. The van der Waals surface area contributed by atoms with Crippen molar-refractivity contribution in [2.75, 3.05) is 16.8 Å². The van der Waals surface area contributed by atoms with Crippen molar-refractivity contribution < 1.29 is 4.39 Å². The van der Waals surface area contributed by atoms with Gasteiger partial charge in [0.05, 0.1) is 6.04 Å². The van der Waals surface area contributed by atoms with Gasteiger partial charge in [0.25, 0.3) is 0 Å². The van der Waals surface area contributed by atoms with Crippen molar-refractivity contribution in [3.63, 3.8) is 0 Å². The minimum Gasteiger partial charge on any atom is -0.349 e. The number of benzene rings is 2. The molecule has 4 rings (SSSR count). The summed E-state index contributed by atoms with van der Waals surface area (Å²) in [5, 5.41) is 3.35. The molecule has 1 aliphatic heterocycles. The van der Waals surface area contributed by atoms with E-state index in [0.717, 1.165) is 46.9 Å². The summed E-state index contributed by atoms with van der Waals surface area (Å²) < 4.78 is 13.8. The van der Waals surface area contributed by atoms with Gasteiger partial charge in [-0.2, -0.15) is 4.98 Å². The number of anilines is 3. The van der Waals surface area contributed by atoms with Crippen molar-refractivity contribution in [1.82, 2.24) is 9.97 Å². The summed E-state index contributed by atoms with van der Waals surface area (Å²) in [6.07, 6.45) is 0.878. The summed E-state index contributed by atoms with van der Waals surface area (Å²) in [5.74, 6) is 1.31. The van der Waals surface area contributed by atoms with Gasteiger partial charge in [0.1, 0.15) is 11.6 Å². The van der Waals surface area contributed by atoms with Crippen LogP contribution in [0.25, 0.3) is 0 Å². The van der Waals surface area contributed by atoms with Crippen molar-refractivity contribution in [3.05, 3.63) is 76.2 Å². The smallest absolute Gasteiger partial charge is 0.229 e. The van der Waals surface area contributed by atoms with E-state index >= 15 is 0 Å². The van der Waals surface area contributed by atoms with E-state index in [9.17, 15) is 4.39 Å². The van der Waals surface area contributed by atoms with Crippen LogP contribution in [-0.2, 0) is 6.42 Å². The van der Waals surface area contributed by atoms with Crippen LogP contribution >= 0.6 is 12.4 Å². The van der Waals surface area contributed by atoms with Crippen LogP contribution in [0.3, 0.4) is 0 Å². The van der Waals surface area contributed by atoms with Crippen LogP contribution in [0.15, 0.2) is 42.5 Å². The number of fused-ring (bicyclic) bond motifs is 1. The van der Waals surface area contributed by atoms with Crippen LogP contribution in [0.5, 0.6) is 0 Å². The second-order valence-electron chi connectivity index (χ2n) is 7.48. The van der Waals surface area contributed by atoms with Gasteiger partial charge in [-0.25, -0.2) is 9.37 Å². The van der Waals surface area contributed by atoms with Gasteiger partial charge >= 0.3 is 0 Å². The number of hydrogen-bond donors (Lipinski definition) is 1. The van der Waals surface area contributed by atoms with Gasteiger partial charge in [-0.3, -0.25) is 0 Å². The Labute approximate surface area is 177 Å². The SMILES string of the molecule is Cc1ccccc1Nc1nc(C)c(C)c(N2CCc3ccc(F)cc3C2C)n1.Cl. The lowest BCUT2D eigenvalue weighted by atomic mass is 9.93. The van der Waals surface area contributed by atoms with Gasteiger partial charge < -0.3 is 10.2 Å². The first-order valence-corrected chi connectivity index (χ1v) is 9.67. The van der Waals surface area contributed by atoms with Crippen molar-refractivity contribution >= 4 is 29.9 Å². The van der Waals surface area contributed by atoms with E-state index in [1.54, 1.807) is 12.1 Å². The number of rotatable bonds is 3. The second-order valence-corrected chi connectivity index (χ2v) is 7.48. The number of hydrogen-bond acceptors (Lipinski definition) is 4. The Morgan fingerprint density at radius 3 is 2.59 bits per heavy atom. The van der Waals surface area contributed by atoms with Gasteiger partial charge in [0, 0.05) is 23.5 Å². The van der Waals surface area contributed by atoms with Crippen LogP contribution in [-0.4, -0.2) is 16.5 Å². The van der Waals surface area contributed by atoms with E-state index in [1.165, 1.54) is 5.56 Å². The van der Waals surface area contributed by atoms with E-state index in [-0.39, 0.29) is 24.3 Å². The number of para-hydroxylation sites is 1. The van der Waals surface area contributed by atoms with Crippen LogP contribution in [0.1, 0.15) is 40.9 Å². The molecule has 2 heterocycles. The molecule has 152 valence electrons. The second kappa shape index (κ2) is 8.37. The van der Waals surface area contributed by atoms with E-state index in [1.807, 2.05) is 31.2 Å². The molecule has 1 atom stereocenters. The Morgan fingerprint density at radius 2 is 1.83 bits per heavy atom. The van der Waals surface area contributed by atoms with E-state index < -0.39 is 0 Å². The molecule has 1 N–H and O–H groups in total. The third-order valence-corrected chi connectivity index (χ3v) is 5.67. The molecule has 29 heavy (non-hydrogen) atoms. The average molecular weight is 413 g/mol. The Bertz CT molecular complexity index is 1040. The van der Waals surface area contributed by atoms with Crippen molar-refractivity contribution in [2.45, 2.75) is 40.2 Å². The lowest BCUT2D eigenvalue weighted by Gasteiger charge is -2.37. The van der Waals surface area contributed by atoms with Gasteiger partial charge in [-0.05, 0) is 69.0 Å². The van der Waals surface area contributed by atoms with E-state index in [0.29, 0.717) is 5.95 Å². The predicted octanol–water partition coefficient (Wildman–Crippen LogP) is 5.83. The number of nitrogens with one attached hydrogen (secondary N) is 1. The highest BCUT2D eigenvalue weighted by Gasteiger charge is 2.27. The van der Waals surface area contributed by atoms with Crippen molar-refractivity contribution in [2.24, 2.45) is 0 Å². The van der Waals surface area contributed by atoms with Crippen LogP contribution in [0, 0.1) is 26.6 Å². The summed E-state index contributed by atoms with van der Waals surface area (Å²) in [6.45, 7) is 9.08. The van der Waals surface area contributed by atoms with Gasteiger partial charge in [0.15, 0.2) is 0 Å². The summed E-state index contributed by atoms with van der Waals surface area (Å²) >= 11 is 0. The van der Waals surface area contributed by atoms with Crippen LogP contribution in [0.2, 0.25) is 0 Å². The molecule has 0 amide bonds. The molecule has 0 bridgehead atoms. The maximum Gasteiger partial charge on any atom is 0.229 e. The molecule has 6 heteroatoms. The molecule has 0 fully saturated rings. The van der Waals surface area contributed by atoms with Crippen molar-refractivity contribution in [1.29, 1.82) is 0 Å². The van der Waals surface area contributed by atoms with Gasteiger partial charge in [-0.1, -0.05) is 24.3 Å². The summed E-state index contributed by atoms with van der Waals surface area (Å²) in [4.78, 5) is 11.7. The molecular weight excluding hydrogens is 387 g/mol. The molecule has 1 aliphatic rings. The minimum atomic E-state index is -0.190. The first-order chi connectivity index (χ1) is 13.4. The third-order valence-electron chi connectivity index (χ3n) is 5.67. The molecule has 0 radical (unpaired) electrons. The molecule has 0 aliphatic carbocycles. The fraction of sp³-hybridized carbons (Fsp3) is 0.304. The Hall–Kier alpha value is -2.66. The fourth-order valence-corrected chi connectivity index (χ4v) is 3.86. The molecule has 4 nitrogen and oxygen atoms in total. The van der Waals surface area contributed by atoms with Crippen molar-refractivity contribution in [3.8, 4) is 0 Å². The molecule has 2 aromatic carbocycles. The zero-order chi connectivity index (χ0) is 19.8. The fourth-order valence-electron chi connectivity index (χ4n) is 3.86. The summed E-state index contributed by atoms with van der Waals surface area (Å²) in [6, 6.07) is 13.3. The zero-order valence-corrected chi connectivity index (χ0v) is 18.0. The summed E-state index contributed by atoms with van der Waals surface area (Å²) in [5.41, 5.74) is 6.39. The standard InChI is InChI=1S/C23H25FN4.ClH/c1-14-7-5-6-8-21(14)26-23-25-16(3)15(2)22(27-23)28-12-11-18-9-10-19(24)13-20(18)17(28)4;/h5-10,13,17H,11-12H2,1-4H3,(H,25,26,27);1H. The zero-order valence-electron chi connectivity index (χ0n) is 17.2. The molecule has 1 aromatic heterocycles. The largest absolute Gasteiger partial charge is 0.349 e. The van der Waals surface area contributed by atoms with E-state index in [2.05, 4.69) is 42.0 Å². The van der Waals surface area contributed by atoms with Gasteiger partial charge in [-0.15, -0.1) is 12.4 Å². The Morgan fingerprint density at radius 1 is 1.07 bits per heavy atom. The first kappa shape index (κ1) is 21.1. The van der Waals surface area contributed by atoms with E-state index in [4.69, 9.17) is 4.98 Å². The molecular formula is C23H26ClFN4.